The number of nitrogens with zero attached hydrogens (tertiary/aromatic N) is 1. The van der Waals surface area contributed by atoms with Crippen LogP contribution >= 0.6 is 11.6 Å². The Balaban J connectivity index is 2.89. The number of fused-ring (bicyclic) bond motifs is 1. The van der Waals surface area contributed by atoms with Gasteiger partial charge in [0.2, 0.25) is 0 Å². The second-order valence-electron chi connectivity index (χ2n) is 3.41. The number of methoxy groups -OCH3 is 1. The van der Waals surface area contributed by atoms with Crippen LogP contribution in [0.3, 0.4) is 0 Å². The van der Waals surface area contributed by atoms with Gasteiger partial charge in [0, 0.05) is 12.4 Å². The summed E-state index contributed by atoms with van der Waals surface area (Å²) < 4.78 is 6.71. The summed E-state index contributed by atoms with van der Waals surface area (Å²) in [6, 6.07) is 4.97. The number of hydrogen-bond donors (Lipinski definition) is 1. The second-order valence-corrected chi connectivity index (χ2v) is 3.81. The van der Waals surface area contributed by atoms with Gasteiger partial charge in [0.1, 0.15) is 11.4 Å². The summed E-state index contributed by atoms with van der Waals surface area (Å²) in [5.74, 6) is -0.376. The van der Waals surface area contributed by atoms with Gasteiger partial charge in [0.25, 0.3) is 0 Å². The molecule has 1 aromatic carbocycles. The van der Waals surface area contributed by atoms with Gasteiger partial charge in [-0.25, -0.2) is 4.79 Å². The predicted octanol–water partition coefficient (Wildman–Crippen LogP) is 2.54. The van der Waals surface area contributed by atoms with Gasteiger partial charge in [0.15, 0.2) is 0 Å². The lowest BCUT2D eigenvalue weighted by molar-refractivity contribution is 0.0687. The molecule has 1 aromatic heterocycles. The normalized spacial score (nSPS) is 10.7. The van der Waals surface area contributed by atoms with Crippen LogP contribution in [-0.2, 0) is 7.05 Å². The molecule has 2 rings (SSSR count). The van der Waals surface area contributed by atoms with E-state index in [-0.39, 0.29) is 5.69 Å². The van der Waals surface area contributed by atoms with Gasteiger partial charge in [-0.2, -0.15) is 0 Å². The first-order valence-electron chi connectivity index (χ1n) is 4.61. The van der Waals surface area contributed by atoms with E-state index >= 15 is 0 Å². The van der Waals surface area contributed by atoms with E-state index in [1.165, 1.54) is 7.11 Å². The van der Waals surface area contributed by atoms with Crippen LogP contribution < -0.4 is 4.74 Å². The minimum absolute atomic E-state index is 0.182. The number of aromatic carboxylic acids is 1. The molecule has 0 amide bonds. The molecule has 0 saturated carbocycles. The van der Waals surface area contributed by atoms with Crippen molar-refractivity contribution in [1.29, 1.82) is 0 Å². The Morgan fingerprint density at radius 3 is 2.75 bits per heavy atom. The van der Waals surface area contributed by atoms with Crippen LogP contribution in [0.4, 0.5) is 0 Å². The standard InChI is InChI=1S/C11H10ClNO3/c1-13-8(11(14)15)5-6-9(16-2)4-3-7(12)10(6)13/h3-5H,1-2H3,(H,14,15). The summed E-state index contributed by atoms with van der Waals surface area (Å²) in [4.78, 5) is 11.0. The Morgan fingerprint density at radius 2 is 2.19 bits per heavy atom. The van der Waals surface area contributed by atoms with Gasteiger partial charge in [-0.1, -0.05) is 11.6 Å². The maximum absolute atomic E-state index is 11.0. The van der Waals surface area contributed by atoms with Gasteiger partial charge in [-0.3, -0.25) is 0 Å². The first-order chi connectivity index (χ1) is 7.56. The van der Waals surface area contributed by atoms with Crippen LogP contribution in [0.1, 0.15) is 10.5 Å². The molecule has 16 heavy (non-hydrogen) atoms. The Labute approximate surface area is 97.0 Å². The van der Waals surface area contributed by atoms with Gasteiger partial charge in [-0.05, 0) is 18.2 Å². The summed E-state index contributed by atoms with van der Waals surface area (Å²) in [6.45, 7) is 0. The van der Waals surface area contributed by atoms with Crippen LogP contribution in [0.2, 0.25) is 5.02 Å². The smallest absolute Gasteiger partial charge is 0.352 e. The third-order valence-electron chi connectivity index (χ3n) is 2.54. The summed E-state index contributed by atoms with van der Waals surface area (Å²) in [5, 5.41) is 10.2. The molecule has 0 radical (unpaired) electrons. The van der Waals surface area contributed by atoms with E-state index in [0.29, 0.717) is 21.7 Å². The number of carboxylic acids is 1. The number of hydrogen-bond acceptors (Lipinski definition) is 2. The summed E-state index contributed by atoms with van der Waals surface area (Å²) in [5.41, 5.74) is 0.847. The van der Waals surface area contributed by atoms with Crippen molar-refractivity contribution >= 4 is 28.5 Å². The Hall–Kier alpha value is -1.68. The number of aryl methyl sites for hydroxylation is 1. The van der Waals surface area contributed by atoms with E-state index in [0.717, 1.165) is 0 Å². The molecule has 0 aliphatic carbocycles. The van der Waals surface area contributed by atoms with Crippen molar-refractivity contribution in [1.82, 2.24) is 4.57 Å². The number of halogens is 1. The van der Waals surface area contributed by atoms with Crippen molar-refractivity contribution in [2.45, 2.75) is 0 Å². The minimum Gasteiger partial charge on any atom is -0.496 e. The quantitative estimate of drug-likeness (QED) is 0.876. The molecule has 0 saturated heterocycles. The van der Waals surface area contributed by atoms with E-state index in [9.17, 15) is 4.79 Å². The molecule has 84 valence electrons. The van der Waals surface area contributed by atoms with Gasteiger partial charge in [0.05, 0.1) is 17.6 Å². The number of carboxylic acid groups (broad SMARTS) is 1. The molecule has 0 atom stereocenters. The molecule has 0 fully saturated rings. The van der Waals surface area contributed by atoms with Crippen molar-refractivity contribution in [2.24, 2.45) is 7.05 Å². The highest BCUT2D eigenvalue weighted by Gasteiger charge is 2.16. The van der Waals surface area contributed by atoms with E-state index in [2.05, 4.69) is 0 Å². The highest BCUT2D eigenvalue weighted by molar-refractivity contribution is 6.35. The van der Waals surface area contributed by atoms with E-state index in [1.807, 2.05) is 0 Å². The van der Waals surface area contributed by atoms with Crippen LogP contribution in [-0.4, -0.2) is 22.8 Å². The summed E-state index contributed by atoms with van der Waals surface area (Å²) in [6.07, 6.45) is 0. The van der Waals surface area contributed by atoms with Crippen LogP contribution in [0, 0.1) is 0 Å². The zero-order valence-electron chi connectivity index (χ0n) is 8.82. The van der Waals surface area contributed by atoms with E-state index in [4.69, 9.17) is 21.4 Å². The molecule has 0 aliphatic rings. The monoisotopic (exact) mass is 239 g/mol. The fourth-order valence-corrected chi connectivity index (χ4v) is 2.07. The second kappa shape index (κ2) is 3.72. The van der Waals surface area contributed by atoms with Gasteiger partial charge < -0.3 is 14.4 Å². The Kier molecular flexibility index (Phi) is 2.52. The van der Waals surface area contributed by atoms with E-state index < -0.39 is 5.97 Å². The predicted molar refractivity (Wildman–Crippen MR) is 61.4 cm³/mol. The third-order valence-corrected chi connectivity index (χ3v) is 2.85. The van der Waals surface area contributed by atoms with Crippen LogP contribution in [0.15, 0.2) is 18.2 Å². The SMILES string of the molecule is COc1ccc(Cl)c2c1cc(C(=O)O)n2C. The maximum Gasteiger partial charge on any atom is 0.352 e. The highest BCUT2D eigenvalue weighted by atomic mass is 35.5. The molecule has 0 spiro atoms. The average Bonchev–Trinajstić information content (AvgIpc) is 2.58. The first-order valence-corrected chi connectivity index (χ1v) is 4.99. The number of aromatic nitrogens is 1. The number of rotatable bonds is 2. The molecule has 4 nitrogen and oxygen atoms in total. The topological polar surface area (TPSA) is 51.5 Å². The highest BCUT2D eigenvalue weighted by Crippen LogP contribution is 2.33. The van der Waals surface area contributed by atoms with Crippen molar-refractivity contribution < 1.29 is 14.6 Å². The van der Waals surface area contributed by atoms with Gasteiger partial charge in [-0.15, -0.1) is 0 Å². The minimum atomic E-state index is -0.989. The van der Waals surface area contributed by atoms with Crippen LogP contribution in [0.5, 0.6) is 5.75 Å². The lowest BCUT2D eigenvalue weighted by atomic mass is 10.2. The van der Waals surface area contributed by atoms with Crippen molar-refractivity contribution in [2.75, 3.05) is 7.11 Å². The zero-order chi connectivity index (χ0) is 11.9. The number of benzene rings is 1. The molecule has 1 N–H and O–H groups in total. The molecule has 0 unspecified atom stereocenters. The van der Waals surface area contributed by atoms with Crippen LogP contribution in [0.25, 0.3) is 10.9 Å². The number of carbonyl (C=O) groups is 1. The molecule has 0 aliphatic heterocycles. The van der Waals surface area contributed by atoms with E-state index in [1.54, 1.807) is 29.8 Å². The lowest BCUT2D eigenvalue weighted by Crippen LogP contribution is -2.03. The lowest BCUT2D eigenvalue weighted by Gasteiger charge is -2.04. The summed E-state index contributed by atoms with van der Waals surface area (Å²) in [7, 11) is 3.20. The molecular weight excluding hydrogens is 230 g/mol. The first kappa shape index (κ1) is 10.8. The average molecular weight is 240 g/mol. The molecular formula is C11H10ClNO3. The van der Waals surface area contributed by atoms with Crippen molar-refractivity contribution in [3.05, 3.63) is 28.9 Å². The number of ether oxygens (including phenoxy) is 1. The van der Waals surface area contributed by atoms with Gasteiger partial charge >= 0.3 is 5.97 Å². The third kappa shape index (κ3) is 1.42. The molecule has 0 bridgehead atoms. The zero-order valence-corrected chi connectivity index (χ0v) is 9.58. The molecule has 2 aromatic rings. The van der Waals surface area contributed by atoms with Crippen molar-refractivity contribution in [3.8, 4) is 5.75 Å². The van der Waals surface area contributed by atoms with Crippen molar-refractivity contribution in [3.63, 3.8) is 0 Å². The molecule has 1 heterocycles. The summed E-state index contributed by atoms with van der Waals surface area (Å²) >= 11 is 6.04. The maximum atomic E-state index is 11.0. The Bertz CT molecular complexity index is 574. The fraction of sp³-hybridized carbons (Fsp3) is 0.182. The molecule has 5 heteroatoms. The fourth-order valence-electron chi connectivity index (χ4n) is 1.78. The Morgan fingerprint density at radius 1 is 1.50 bits per heavy atom. The largest absolute Gasteiger partial charge is 0.496 e.